The van der Waals surface area contributed by atoms with Gasteiger partial charge in [0.05, 0.1) is 15.1 Å². The second-order valence-corrected chi connectivity index (χ2v) is 15.1. The van der Waals surface area contributed by atoms with Gasteiger partial charge < -0.3 is 0 Å². The first-order valence-corrected chi connectivity index (χ1v) is 14.4. The summed E-state index contributed by atoms with van der Waals surface area (Å²) in [5.41, 5.74) is -9.75. The molecule has 16 heteroatoms. The summed E-state index contributed by atoms with van der Waals surface area (Å²) < 4.78 is 188. The lowest BCUT2D eigenvalue weighted by Crippen LogP contribution is -2.64. The minimum Gasteiger partial charge on any atom is -0.244 e. The summed E-state index contributed by atoms with van der Waals surface area (Å²) in [7, 11) is -12.0. The highest BCUT2D eigenvalue weighted by atomic mass is 32.3. The fraction of sp³-hybridized carbons (Fsp3) is 0.682. The van der Waals surface area contributed by atoms with E-state index in [1.54, 1.807) is 0 Å². The molecule has 4 aliphatic rings. The molecule has 1 aromatic rings. The number of benzene rings is 1. The first-order chi connectivity index (χ1) is 17.0. The van der Waals surface area contributed by atoms with E-state index in [4.69, 9.17) is 0 Å². The minimum atomic E-state index is -7.22. The van der Waals surface area contributed by atoms with Crippen molar-refractivity contribution in [3.63, 3.8) is 0 Å². The molecule has 0 N–H and O–H groups in total. The van der Waals surface area contributed by atoms with Crippen LogP contribution in [0.1, 0.15) is 44.1 Å². The maximum Gasteiger partial charge on any atom is 0.413 e. The lowest BCUT2D eigenvalue weighted by atomic mass is 9.54. The summed E-state index contributed by atoms with van der Waals surface area (Å²) in [4.78, 5) is 0. The molecule has 0 saturated heterocycles. The van der Waals surface area contributed by atoms with E-state index < -0.39 is 88.2 Å². The molecule has 4 nitrogen and oxygen atoms in total. The van der Waals surface area contributed by atoms with Gasteiger partial charge in [-0.2, -0.15) is 57.2 Å². The van der Waals surface area contributed by atoms with Crippen molar-refractivity contribution in [3.8, 4) is 0 Å². The summed E-state index contributed by atoms with van der Waals surface area (Å²) in [6.45, 7) is 0. The smallest absolute Gasteiger partial charge is 0.244 e. The average molecular weight is 604 g/mol. The summed E-state index contributed by atoms with van der Waals surface area (Å²) in [6.07, 6.45) is -22.7. The molecule has 0 heterocycles. The fourth-order valence-electron chi connectivity index (χ4n) is 6.73. The van der Waals surface area contributed by atoms with Crippen molar-refractivity contribution in [1.29, 1.82) is 0 Å². The molecule has 5 rings (SSSR count). The Balaban J connectivity index is 1.93. The molecule has 2 atom stereocenters. The Kier molecular flexibility index (Phi) is 6.47. The van der Waals surface area contributed by atoms with Crippen LogP contribution in [0, 0.1) is 21.8 Å². The molecule has 4 fully saturated rings. The molecule has 0 spiro atoms. The van der Waals surface area contributed by atoms with Gasteiger partial charge in [0.1, 0.15) is 25.3 Å². The normalized spacial score (nSPS) is 30.5. The van der Waals surface area contributed by atoms with Crippen LogP contribution >= 0.6 is 0 Å². The van der Waals surface area contributed by atoms with Crippen LogP contribution in [-0.2, 0) is 19.7 Å². The van der Waals surface area contributed by atoms with Crippen molar-refractivity contribution in [2.75, 3.05) is 5.75 Å². The molecule has 4 saturated carbocycles. The Morgan fingerprint density at radius 2 is 1.21 bits per heavy atom. The van der Waals surface area contributed by atoms with Crippen LogP contribution in [0.4, 0.5) is 43.9 Å². The zero-order valence-electron chi connectivity index (χ0n) is 19.2. The zero-order chi connectivity index (χ0) is 28.8. The van der Waals surface area contributed by atoms with E-state index in [1.807, 2.05) is 0 Å². The number of halogens is 10. The summed E-state index contributed by atoms with van der Waals surface area (Å²) >= 11 is 0. The van der Waals surface area contributed by atoms with Gasteiger partial charge in [0.25, 0.3) is 5.41 Å². The van der Waals surface area contributed by atoms with Crippen molar-refractivity contribution in [1.82, 2.24) is 0 Å². The van der Waals surface area contributed by atoms with E-state index in [0.29, 0.717) is 6.42 Å². The molecule has 0 amide bonds. The van der Waals surface area contributed by atoms with Crippen molar-refractivity contribution in [2.24, 2.45) is 17.3 Å². The largest absolute Gasteiger partial charge is 0.413 e. The molecule has 216 valence electrons. The number of hydrogen-bond donors (Lipinski definition) is 0. The van der Waals surface area contributed by atoms with E-state index >= 15 is 4.39 Å². The third-order valence-electron chi connectivity index (χ3n) is 7.90. The summed E-state index contributed by atoms with van der Waals surface area (Å²) in [5.74, 6) is -4.77. The molecular weight excluding hydrogens is 582 g/mol. The van der Waals surface area contributed by atoms with Gasteiger partial charge in [0.2, 0.25) is 0 Å². The third-order valence-corrected chi connectivity index (χ3v) is 13.3. The first kappa shape index (κ1) is 29.3. The SMILES string of the molecule is O=S(=O)(CC(C(F)(F)F)(C(F)(F)F)C(F)(F)F)[C-](c1ccccc1)S(=O)(=O)C12CC3CC(CC(F)(C3)C1)C2. The van der Waals surface area contributed by atoms with Crippen molar-refractivity contribution >= 4 is 19.7 Å². The van der Waals surface area contributed by atoms with Gasteiger partial charge in [0, 0.05) is 6.42 Å². The number of rotatable bonds is 6. The van der Waals surface area contributed by atoms with Gasteiger partial charge in [-0.3, -0.25) is 0 Å². The molecule has 0 aromatic heterocycles. The van der Waals surface area contributed by atoms with Crippen LogP contribution in [0.3, 0.4) is 0 Å². The molecule has 0 aliphatic heterocycles. The van der Waals surface area contributed by atoms with Crippen molar-refractivity contribution in [3.05, 3.63) is 40.5 Å². The monoisotopic (exact) mass is 603 g/mol. The van der Waals surface area contributed by atoms with Gasteiger partial charge >= 0.3 is 18.5 Å². The number of alkyl halides is 10. The van der Waals surface area contributed by atoms with Crippen molar-refractivity contribution in [2.45, 2.75) is 67.5 Å². The lowest BCUT2D eigenvalue weighted by molar-refractivity contribution is -0.418. The summed E-state index contributed by atoms with van der Waals surface area (Å²) in [5, 5.41) is 0. The highest BCUT2D eigenvalue weighted by Gasteiger charge is 2.84. The Labute approximate surface area is 211 Å². The van der Waals surface area contributed by atoms with Crippen LogP contribution in [0.5, 0.6) is 0 Å². The predicted octanol–water partition coefficient (Wildman–Crippen LogP) is 6.09. The Bertz CT molecular complexity index is 1230. The van der Waals surface area contributed by atoms with Gasteiger partial charge in [-0.05, 0) is 43.9 Å². The van der Waals surface area contributed by atoms with Gasteiger partial charge in [-0.15, -0.1) is 12.1 Å². The average Bonchev–Trinajstić information content (AvgIpc) is 2.68. The van der Waals surface area contributed by atoms with E-state index in [9.17, 15) is 56.3 Å². The molecule has 38 heavy (non-hydrogen) atoms. The minimum absolute atomic E-state index is 0.0481. The Morgan fingerprint density at radius 3 is 1.61 bits per heavy atom. The molecule has 2 unspecified atom stereocenters. The van der Waals surface area contributed by atoms with Crippen LogP contribution < -0.4 is 0 Å². The second-order valence-electron chi connectivity index (χ2n) is 10.6. The Morgan fingerprint density at radius 1 is 0.763 bits per heavy atom. The molecule has 4 aliphatic carbocycles. The molecule has 0 radical (unpaired) electrons. The van der Waals surface area contributed by atoms with Crippen LogP contribution in [-0.4, -0.2) is 51.5 Å². The second kappa shape index (κ2) is 8.40. The van der Waals surface area contributed by atoms with Gasteiger partial charge in [0.15, 0.2) is 0 Å². The standard InChI is InChI=1S/C22H21F10O4S2/c23-17-7-13-6-14(8-17)10-18(9-13,11-17)38(35,36)16(15-4-2-1-3-5-15)37(33,34)12-19(20(24,25)26,21(27,28)29)22(30,31)32/h1-5,13-14H,6-12H2/q-1. The maximum atomic E-state index is 15.5. The molecular formula is C22H21F10O4S2-. The van der Waals surface area contributed by atoms with E-state index in [0.717, 1.165) is 24.3 Å². The van der Waals surface area contributed by atoms with Crippen LogP contribution in [0.25, 0.3) is 0 Å². The van der Waals surface area contributed by atoms with Gasteiger partial charge in [-0.25, -0.2) is 21.2 Å². The number of sulfone groups is 2. The maximum absolute atomic E-state index is 15.5. The fourth-order valence-corrected chi connectivity index (χ4v) is 12.7. The topological polar surface area (TPSA) is 68.3 Å². The van der Waals surface area contributed by atoms with Gasteiger partial charge in [-0.1, -0.05) is 6.07 Å². The highest BCUT2D eigenvalue weighted by Crippen LogP contribution is 2.65. The lowest BCUT2D eigenvalue weighted by Gasteiger charge is -2.59. The third kappa shape index (κ3) is 4.27. The molecule has 1 aromatic carbocycles. The Hall–Kier alpha value is -1.71. The van der Waals surface area contributed by atoms with E-state index in [2.05, 4.69) is 0 Å². The first-order valence-electron chi connectivity index (χ1n) is 11.3. The van der Waals surface area contributed by atoms with E-state index in [1.165, 1.54) is 6.07 Å². The van der Waals surface area contributed by atoms with Crippen LogP contribution in [0.15, 0.2) is 30.3 Å². The van der Waals surface area contributed by atoms with Crippen molar-refractivity contribution < 1.29 is 60.7 Å². The highest BCUT2D eigenvalue weighted by molar-refractivity contribution is 8.13. The molecule has 4 bridgehead atoms. The quantitative estimate of drug-likeness (QED) is 0.292. The van der Waals surface area contributed by atoms with E-state index in [-0.39, 0.29) is 25.7 Å². The van der Waals surface area contributed by atoms with Crippen LogP contribution in [0.2, 0.25) is 0 Å². The zero-order valence-corrected chi connectivity index (χ0v) is 20.9. The predicted molar refractivity (Wildman–Crippen MR) is 113 cm³/mol. The summed E-state index contributed by atoms with van der Waals surface area (Å²) in [6, 6.07) is 4.73. The number of hydrogen-bond acceptors (Lipinski definition) is 4.